The first-order valence-electron chi connectivity index (χ1n) is 9.08. The third-order valence-corrected chi connectivity index (χ3v) is 6.00. The van der Waals surface area contributed by atoms with Crippen molar-refractivity contribution in [2.75, 3.05) is 33.2 Å². The van der Waals surface area contributed by atoms with Gasteiger partial charge >= 0.3 is 7.12 Å². The number of nitrogens with zero attached hydrogens (tertiary/aromatic N) is 2. The van der Waals surface area contributed by atoms with Crippen LogP contribution in [0.2, 0.25) is 0 Å². The number of piperazine rings is 1. The Morgan fingerprint density at radius 3 is 2.17 bits per heavy atom. The van der Waals surface area contributed by atoms with Crippen LogP contribution < -0.4 is 5.46 Å². The van der Waals surface area contributed by atoms with Gasteiger partial charge in [-0.15, -0.1) is 0 Å². The predicted octanol–water partition coefficient (Wildman–Crippen LogP) is 2.29. The lowest BCUT2D eigenvalue weighted by Crippen LogP contribution is -2.45. The van der Waals surface area contributed by atoms with Crippen LogP contribution in [-0.2, 0) is 9.31 Å². The summed E-state index contributed by atoms with van der Waals surface area (Å²) >= 11 is 0. The number of benzene rings is 1. The van der Waals surface area contributed by atoms with E-state index < -0.39 is 0 Å². The van der Waals surface area contributed by atoms with E-state index in [4.69, 9.17) is 9.31 Å². The van der Waals surface area contributed by atoms with E-state index in [1.165, 1.54) is 5.56 Å². The van der Waals surface area contributed by atoms with E-state index in [2.05, 4.69) is 75.7 Å². The van der Waals surface area contributed by atoms with E-state index in [1.807, 2.05) is 0 Å². The lowest BCUT2D eigenvalue weighted by molar-refractivity contribution is 0.00578. The number of hydrogen-bond acceptors (Lipinski definition) is 4. The molecule has 2 saturated heterocycles. The fourth-order valence-corrected chi connectivity index (χ4v) is 3.36. The Labute approximate surface area is 147 Å². The summed E-state index contributed by atoms with van der Waals surface area (Å²) in [6.45, 7) is 15.2. The molecule has 0 saturated carbocycles. The van der Waals surface area contributed by atoms with Gasteiger partial charge in [0.05, 0.1) is 11.2 Å². The SMILES string of the molecule is C[C@@H](c1cccc(B2OC(C)(C)C(C)(C)O2)c1)N1CCN(C)CC1. The minimum absolute atomic E-state index is 0.283. The van der Waals surface area contributed by atoms with Crippen molar-refractivity contribution < 1.29 is 9.31 Å². The van der Waals surface area contributed by atoms with Gasteiger partial charge in [-0.3, -0.25) is 4.90 Å². The first-order valence-corrected chi connectivity index (χ1v) is 9.08. The lowest BCUT2D eigenvalue weighted by Gasteiger charge is -2.36. The molecule has 3 rings (SSSR count). The maximum atomic E-state index is 6.20. The highest BCUT2D eigenvalue weighted by Gasteiger charge is 2.51. The Morgan fingerprint density at radius 1 is 1.00 bits per heavy atom. The molecule has 1 aromatic carbocycles. The predicted molar refractivity (Wildman–Crippen MR) is 99.6 cm³/mol. The van der Waals surface area contributed by atoms with Crippen molar-refractivity contribution in [2.45, 2.75) is 51.9 Å². The second kappa shape index (κ2) is 6.45. The van der Waals surface area contributed by atoms with Crippen LogP contribution in [0.3, 0.4) is 0 Å². The van der Waals surface area contributed by atoms with Crippen LogP contribution in [0, 0.1) is 0 Å². The fourth-order valence-electron chi connectivity index (χ4n) is 3.36. The molecule has 2 aliphatic rings. The highest BCUT2D eigenvalue weighted by Crippen LogP contribution is 2.36. The van der Waals surface area contributed by atoms with E-state index >= 15 is 0 Å². The minimum atomic E-state index is -0.295. The summed E-state index contributed by atoms with van der Waals surface area (Å²) in [7, 11) is 1.91. The van der Waals surface area contributed by atoms with E-state index in [0.717, 1.165) is 31.6 Å². The molecular weight excluding hydrogens is 299 g/mol. The van der Waals surface area contributed by atoms with Crippen molar-refractivity contribution in [1.29, 1.82) is 0 Å². The summed E-state index contributed by atoms with van der Waals surface area (Å²) in [6, 6.07) is 9.13. The van der Waals surface area contributed by atoms with Crippen LogP contribution in [0.1, 0.15) is 46.2 Å². The van der Waals surface area contributed by atoms with Crippen molar-refractivity contribution in [2.24, 2.45) is 0 Å². The maximum Gasteiger partial charge on any atom is 0.494 e. The number of likely N-dealkylation sites (N-methyl/N-ethyl adjacent to an activating group) is 1. The molecule has 0 spiro atoms. The van der Waals surface area contributed by atoms with E-state index in [0.29, 0.717) is 6.04 Å². The molecule has 0 aromatic heterocycles. The Kier molecular flexibility index (Phi) is 4.82. The van der Waals surface area contributed by atoms with Gasteiger partial charge in [0.15, 0.2) is 0 Å². The molecule has 1 aromatic rings. The van der Waals surface area contributed by atoms with Gasteiger partial charge in [0, 0.05) is 32.2 Å². The Balaban J connectivity index is 1.75. The topological polar surface area (TPSA) is 24.9 Å². The number of rotatable bonds is 3. The van der Waals surface area contributed by atoms with Crippen LogP contribution >= 0.6 is 0 Å². The van der Waals surface area contributed by atoms with Gasteiger partial charge in [0.2, 0.25) is 0 Å². The summed E-state index contributed by atoms with van der Waals surface area (Å²) in [5.41, 5.74) is 1.87. The first-order chi connectivity index (χ1) is 11.2. The Morgan fingerprint density at radius 2 is 1.58 bits per heavy atom. The second-order valence-corrected chi connectivity index (χ2v) is 8.27. The minimum Gasteiger partial charge on any atom is -0.399 e. The second-order valence-electron chi connectivity index (χ2n) is 8.27. The summed E-state index contributed by atoms with van der Waals surface area (Å²) in [6.07, 6.45) is 0. The van der Waals surface area contributed by atoms with Crippen LogP contribution in [0.4, 0.5) is 0 Å². The zero-order valence-corrected chi connectivity index (χ0v) is 16.0. The quantitative estimate of drug-likeness (QED) is 0.794. The summed E-state index contributed by atoms with van der Waals surface area (Å²) < 4.78 is 12.4. The molecule has 0 amide bonds. The van der Waals surface area contributed by atoms with Crippen LogP contribution in [-0.4, -0.2) is 61.3 Å². The molecule has 4 nitrogen and oxygen atoms in total. The Bertz CT molecular complexity index is 566. The third kappa shape index (κ3) is 3.41. The molecule has 0 radical (unpaired) electrons. The van der Waals surface area contributed by atoms with Crippen molar-refractivity contribution in [3.8, 4) is 0 Å². The molecule has 24 heavy (non-hydrogen) atoms. The first kappa shape index (κ1) is 17.9. The van der Waals surface area contributed by atoms with Crippen molar-refractivity contribution in [1.82, 2.24) is 9.80 Å². The van der Waals surface area contributed by atoms with E-state index in [1.54, 1.807) is 0 Å². The molecular formula is C19H31BN2O2. The van der Waals surface area contributed by atoms with Crippen LogP contribution in [0.15, 0.2) is 24.3 Å². The van der Waals surface area contributed by atoms with Crippen LogP contribution in [0.25, 0.3) is 0 Å². The lowest BCUT2D eigenvalue weighted by atomic mass is 9.78. The average Bonchev–Trinajstić information content (AvgIpc) is 2.76. The van der Waals surface area contributed by atoms with E-state index in [-0.39, 0.29) is 18.3 Å². The fraction of sp³-hybridized carbons (Fsp3) is 0.684. The highest BCUT2D eigenvalue weighted by molar-refractivity contribution is 6.62. The molecule has 0 unspecified atom stereocenters. The molecule has 2 heterocycles. The molecule has 2 aliphatic heterocycles. The van der Waals surface area contributed by atoms with Gasteiger partial charge in [-0.1, -0.05) is 24.3 Å². The monoisotopic (exact) mass is 330 g/mol. The molecule has 0 N–H and O–H groups in total. The van der Waals surface area contributed by atoms with Gasteiger partial charge in [-0.05, 0) is 52.7 Å². The number of hydrogen-bond donors (Lipinski definition) is 0. The molecule has 1 atom stereocenters. The van der Waals surface area contributed by atoms with Crippen molar-refractivity contribution in [3.05, 3.63) is 29.8 Å². The van der Waals surface area contributed by atoms with Gasteiger partial charge in [-0.25, -0.2) is 0 Å². The molecule has 2 fully saturated rings. The molecule has 132 valence electrons. The van der Waals surface area contributed by atoms with Crippen molar-refractivity contribution in [3.63, 3.8) is 0 Å². The molecule has 0 bridgehead atoms. The third-order valence-electron chi connectivity index (χ3n) is 6.00. The van der Waals surface area contributed by atoms with Crippen molar-refractivity contribution >= 4 is 12.6 Å². The van der Waals surface area contributed by atoms with Crippen LogP contribution in [0.5, 0.6) is 0 Å². The van der Waals surface area contributed by atoms with Gasteiger partial charge < -0.3 is 14.2 Å². The summed E-state index contributed by atoms with van der Waals surface area (Å²) in [4.78, 5) is 4.95. The normalized spacial score (nSPS) is 25.8. The maximum absolute atomic E-state index is 6.20. The summed E-state index contributed by atoms with van der Waals surface area (Å²) in [5, 5.41) is 0. The molecule has 5 heteroatoms. The highest BCUT2D eigenvalue weighted by atomic mass is 16.7. The van der Waals surface area contributed by atoms with Gasteiger partial charge in [0.25, 0.3) is 0 Å². The van der Waals surface area contributed by atoms with E-state index in [9.17, 15) is 0 Å². The zero-order chi connectivity index (χ0) is 17.5. The summed E-state index contributed by atoms with van der Waals surface area (Å²) in [5.74, 6) is 0. The largest absolute Gasteiger partial charge is 0.494 e. The average molecular weight is 330 g/mol. The molecule has 0 aliphatic carbocycles. The van der Waals surface area contributed by atoms with Gasteiger partial charge in [-0.2, -0.15) is 0 Å². The standard InChI is InChI=1S/C19H31BN2O2/c1-15(22-12-10-21(6)11-13-22)16-8-7-9-17(14-16)20-23-18(2,3)19(4,5)24-20/h7-9,14-15H,10-13H2,1-6H3/t15-/m0/s1. The Hall–Kier alpha value is -0.875. The smallest absolute Gasteiger partial charge is 0.399 e. The zero-order valence-electron chi connectivity index (χ0n) is 16.0. The van der Waals surface area contributed by atoms with Gasteiger partial charge in [0.1, 0.15) is 0 Å².